The van der Waals surface area contributed by atoms with Gasteiger partial charge in [0.1, 0.15) is 11.2 Å². The molecule has 1 aliphatic carbocycles. The van der Waals surface area contributed by atoms with Crippen molar-refractivity contribution in [1.82, 2.24) is 15.0 Å². The van der Waals surface area contributed by atoms with E-state index in [1.54, 1.807) is 6.20 Å². The highest BCUT2D eigenvalue weighted by Crippen LogP contribution is 2.50. The maximum absolute atomic E-state index is 9.73. The molecule has 0 N–H and O–H groups in total. The highest BCUT2D eigenvalue weighted by atomic mass is 16.3. The van der Waals surface area contributed by atoms with E-state index in [1.165, 1.54) is 27.8 Å². The van der Waals surface area contributed by atoms with Crippen molar-refractivity contribution in [1.29, 1.82) is 5.26 Å². The summed E-state index contributed by atoms with van der Waals surface area (Å²) in [6.45, 7) is 4.50. The molecular weight excluding hydrogens is 733 g/mol. The number of nitrogens with zero attached hydrogens (tertiary/aromatic N) is 4. The smallest absolute Gasteiger partial charge is 0.160 e. The molecule has 10 aromatic rings. The number of furan rings is 1. The molecule has 282 valence electrons. The Morgan fingerprint density at radius 3 is 1.78 bits per heavy atom. The molecule has 0 aliphatic heterocycles. The predicted octanol–water partition coefficient (Wildman–Crippen LogP) is 14.0. The Morgan fingerprint density at radius 2 is 1.05 bits per heavy atom. The van der Waals surface area contributed by atoms with Gasteiger partial charge in [0.25, 0.3) is 0 Å². The summed E-state index contributed by atoms with van der Waals surface area (Å²) < 4.78 is 6.35. The summed E-state index contributed by atoms with van der Waals surface area (Å²) in [7, 11) is 0. The molecule has 3 heterocycles. The van der Waals surface area contributed by atoms with E-state index in [1.807, 2.05) is 48.7 Å². The highest BCUT2D eigenvalue weighted by Gasteiger charge is 2.36. The molecule has 11 rings (SSSR count). The fourth-order valence-corrected chi connectivity index (χ4v) is 8.82. The normalized spacial score (nSPS) is 12.6. The molecule has 3 aromatic heterocycles. The summed E-state index contributed by atoms with van der Waals surface area (Å²) in [5.41, 5.74) is 18.0. The van der Waals surface area contributed by atoms with E-state index in [2.05, 4.69) is 152 Å². The summed E-state index contributed by atoms with van der Waals surface area (Å²) in [6, 6.07) is 61.6. The number of aromatic nitrogens is 3. The first-order valence-electron chi connectivity index (χ1n) is 20.1. The first-order chi connectivity index (χ1) is 29.4. The van der Waals surface area contributed by atoms with Crippen LogP contribution in [-0.2, 0) is 5.41 Å². The van der Waals surface area contributed by atoms with Gasteiger partial charge in [-0.1, -0.05) is 123 Å². The van der Waals surface area contributed by atoms with Crippen LogP contribution in [0.1, 0.15) is 30.5 Å². The molecule has 1 aliphatic rings. The lowest BCUT2D eigenvalue weighted by Gasteiger charge is -2.22. The largest absolute Gasteiger partial charge is 0.456 e. The van der Waals surface area contributed by atoms with E-state index < -0.39 is 0 Å². The van der Waals surface area contributed by atoms with Gasteiger partial charge in [0.05, 0.1) is 23.0 Å². The van der Waals surface area contributed by atoms with Crippen LogP contribution in [0.15, 0.2) is 187 Å². The minimum absolute atomic E-state index is 0.280. The zero-order chi connectivity index (χ0) is 40.4. The topological polar surface area (TPSA) is 75.6 Å². The standard InChI is InChI=1S/C55H36N4O/c1-55(2)48-25-34(32-56)13-20-44(48)45-21-18-39(29-49(45)55)41-26-42(40-19-22-46-47-33-57-24-23-52(47)60-53(46)30-40)28-43(27-41)51-31-50(58-54(59-51)38-11-7-4-8-12-38)37-16-14-36(15-17-37)35-9-5-3-6-10-35/h3-31,33H,1-2H3. The lowest BCUT2D eigenvalue weighted by Crippen LogP contribution is -2.15. The molecule has 0 spiro atoms. The van der Waals surface area contributed by atoms with E-state index in [4.69, 9.17) is 14.4 Å². The van der Waals surface area contributed by atoms with Gasteiger partial charge < -0.3 is 4.42 Å². The maximum atomic E-state index is 9.73. The number of rotatable bonds is 6. The molecule has 7 aromatic carbocycles. The maximum Gasteiger partial charge on any atom is 0.160 e. The summed E-state index contributed by atoms with van der Waals surface area (Å²) in [5.74, 6) is 0.660. The van der Waals surface area contributed by atoms with Gasteiger partial charge in [0.2, 0.25) is 0 Å². The quantitative estimate of drug-likeness (QED) is 0.168. The van der Waals surface area contributed by atoms with E-state index in [0.29, 0.717) is 11.4 Å². The number of nitriles is 1. The van der Waals surface area contributed by atoms with E-state index >= 15 is 0 Å². The van der Waals surface area contributed by atoms with Crippen LogP contribution in [0.3, 0.4) is 0 Å². The first-order valence-corrected chi connectivity index (χ1v) is 20.1. The van der Waals surface area contributed by atoms with Gasteiger partial charge in [-0.25, -0.2) is 9.97 Å². The molecule has 0 atom stereocenters. The molecule has 60 heavy (non-hydrogen) atoms. The summed E-state index contributed by atoms with van der Waals surface area (Å²) in [6.07, 6.45) is 3.62. The number of pyridine rings is 1. The van der Waals surface area contributed by atoms with Gasteiger partial charge in [-0.05, 0) is 116 Å². The molecule has 0 unspecified atom stereocenters. The summed E-state index contributed by atoms with van der Waals surface area (Å²) >= 11 is 0. The van der Waals surface area contributed by atoms with Crippen molar-refractivity contribution >= 4 is 21.9 Å². The fraction of sp³-hybridized carbons (Fsp3) is 0.0545. The molecule has 0 fully saturated rings. The molecular formula is C55H36N4O. The monoisotopic (exact) mass is 768 g/mol. The van der Waals surface area contributed by atoms with Crippen LogP contribution >= 0.6 is 0 Å². The van der Waals surface area contributed by atoms with Crippen LogP contribution in [-0.4, -0.2) is 15.0 Å². The van der Waals surface area contributed by atoms with Crippen molar-refractivity contribution < 1.29 is 4.42 Å². The van der Waals surface area contributed by atoms with Crippen LogP contribution < -0.4 is 0 Å². The predicted molar refractivity (Wildman–Crippen MR) is 242 cm³/mol. The number of fused-ring (bicyclic) bond motifs is 6. The molecule has 0 bridgehead atoms. The molecule has 0 saturated carbocycles. The van der Waals surface area contributed by atoms with Crippen LogP contribution in [0.2, 0.25) is 0 Å². The van der Waals surface area contributed by atoms with Gasteiger partial charge in [-0.15, -0.1) is 0 Å². The molecule has 0 radical (unpaired) electrons. The Morgan fingerprint density at radius 1 is 0.467 bits per heavy atom. The third kappa shape index (κ3) is 5.97. The summed E-state index contributed by atoms with van der Waals surface area (Å²) in [5, 5.41) is 11.8. The molecule has 0 saturated heterocycles. The molecule has 5 heteroatoms. The van der Waals surface area contributed by atoms with Crippen LogP contribution in [0.4, 0.5) is 0 Å². The second-order valence-electron chi connectivity index (χ2n) is 16.0. The SMILES string of the molecule is CC1(C)c2cc(C#N)ccc2-c2ccc(-c3cc(-c4ccc5c(c4)oc4ccncc45)cc(-c4cc(-c5ccc(-c6ccccc6)cc5)nc(-c5ccccc5)n4)c3)cc21. The number of hydrogen-bond acceptors (Lipinski definition) is 5. The van der Waals surface area contributed by atoms with Gasteiger partial charge in [-0.2, -0.15) is 5.26 Å². The average Bonchev–Trinajstić information content (AvgIpc) is 3.79. The molecule has 5 nitrogen and oxygen atoms in total. The molecule has 0 amide bonds. The minimum Gasteiger partial charge on any atom is -0.456 e. The van der Waals surface area contributed by atoms with E-state index in [0.717, 1.165) is 77.8 Å². The second-order valence-corrected chi connectivity index (χ2v) is 16.0. The van der Waals surface area contributed by atoms with Crippen molar-refractivity contribution in [3.8, 4) is 84.5 Å². The van der Waals surface area contributed by atoms with Crippen molar-refractivity contribution in [2.24, 2.45) is 0 Å². The van der Waals surface area contributed by atoms with Crippen LogP contribution in [0, 0.1) is 11.3 Å². The highest BCUT2D eigenvalue weighted by molar-refractivity contribution is 6.05. The Bertz CT molecular complexity index is 3340. The van der Waals surface area contributed by atoms with Crippen molar-refractivity contribution in [3.05, 3.63) is 199 Å². The zero-order valence-electron chi connectivity index (χ0n) is 33.0. The Balaban J connectivity index is 1.10. The van der Waals surface area contributed by atoms with Crippen molar-refractivity contribution in [2.45, 2.75) is 19.3 Å². The Kier molecular flexibility index (Phi) is 8.14. The van der Waals surface area contributed by atoms with Gasteiger partial charge in [0, 0.05) is 45.3 Å². The minimum atomic E-state index is -0.280. The third-order valence-corrected chi connectivity index (χ3v) is 12.0. The second kappa shape index (κ2) is 13.9. The lowest BCUT2D eigenvalue weighted by molar-refractivity contribution is 0.660. The van der Waals surface area contributed by atoms with E-state index in [-0.39, 0.29) is 5.41 Å². The van der Waals surface area contributed by atoms with Crippen LogP contribution in [0.25, 0.3) is 100 Å². The average molecular weight is 769 g/mol. The Labute approximate surface area is 347 Å². The first kappa shape index (κ1) is 35.2. The van der Waals surface area contributed by atoms with Gasteiger partial charge >= 0.3 is 0 Å². The fourth-order valence-electron chi connectivity index (χ4n) is 8.82. The lowest BCUT2D eigenvalue weighted by atomic mass is 9.81. The summed E-state index contributed by atoms with van der Waals surface area (Å²) in [4.78, 5) is 14.8. The van der Waals surface area contributed by atoms with Gasteiger partial charge in [-0.3, -0.25) is 4.98 Å². The van der Waals surface area contributed by atoms with E-state index in [9.17, 15) is 5.26 Å². The number of hydrogen-bond donors (Lipinski definition) is 0. The van der Waals surface area contributed by atoms with Crippen molar-refractivity contribution in [3.63, 3.8) is 0 Å². The van der Waals surface area contributed by atoms with Crippen molar-refractivity contribution in [2.75, 3.05) is 0 Å². The van der Waals surface area contributed by atoms with Gasteiger partial charge in [0.15, 0.2) is 5.82 Å². The van der Waals surface area contributed by atoms with Crippen LogP contribution in [0.5, 0.6) is 0 Å². The Hall–Kier alpha value is -7.94. The zero-order valence-corrected chi connectivity index (χ0v) is 33.0. The number of benzene rings is 7. The third-order valence-electron chi connectivity index (χ3n) is 12.0.